The van der Waals surface area contributed by atoms with Gasteiger partial charge < -0.3 is 13.9 Å². The fourth-order valence-electron chi connectivity index (χ4n) is 2.51. The maximum Gasteiger partial charge on any atom is 0.308 e. The SMILES string of the molecule is CC(C)(C)[Si](C)(C)OC1CC(=O)OC(COCc2ccccc2)C1. The molecule has 1 heterocycles. The molecule has 1 saturated heterocycles. The van der Waals surface area contributed by atoms with Gasteiger partial charge in [-0.25, -0.2) is 0 Å². The molecule has 0 bridgehead atoms. The Kier molecular flexibility index (Phi) is 6.23. The van der Waals surface area contributed by atoms with E-state index >= 15 is 0 Å². The molecule has 0 aromatic heterocycles. The normalized spacial score (nSPS) is 22.3. The lowest BCUT2D eigenvalue weighted by atomic mass is 10.1. The van der Waals surface area contributed by atoms with Crippen LogP contribution in [0.2, 0.25) is 18.1 Å². The lowest BCUT2D eigenvalue weighted by molar-refractivity contribution is -0.163. The van der Waals surface area contributed by atoms with Crippen LogP contribution in [-0.2, 0) is 25.3 Å². The van der Waals surface area contributed by atoms with Gasteiger partial charge in [0.1, 0.15) is 6.10 Å². The maximum absolute atomic E-state index is 11.9. The molecule has 24 heavy (non-hydrogen) atoms. The van der Waals surface area contributed by atoms with Gasteiger partial charge in [-0.1, -0.05) is 51.1 Å². The van der Waals surface area contributed by atoms with Crippen LogP contribution in [0.15, 0.2) is 30.3 Å². The first-order chi connectivity index (χ1) is 11.2. The van der Waals surface area contributed by atoms with Gasteiger partial charge in [0, 0.05) is 6.42 Å². The third-order valence-electron chi connectivity index (χ3n) is 4.90. The van der Waals surface area contributed by atoms with Gasteiger partial charge >= 0.3 is 5.97 Å². The summed E-state index contributed by atoms with van der Waals surface area (Å²) in [5, 5.41) is 0.133. The Bertz CT molecular complexity index is 536. The second kappa shape index (κ2) is 7.81. The number of hydrogen-bond donors (Lipinski definition) is 0. The van der Waals surface area contributed by atoms with Crippen molar-refractivity contribution in [3.63, 3.8) is 0 Å². The number of hydrogen-bond acceptors (Lipinski definition) is 4. The molecule has 4 nitrogen and oxygen atoms in total. The minimum absolute atomic E-state index is 0.0579. The summed E-state index contributed by atoms with van der Waals surface area (Å²) in [6.45, 7) is 12.0. The van der Waals surface area contributed by atoms with Crippen molar-refractivity contribution in [1.82, 2.24) is 0 Å². The Morgan fingerprint density at radius 3 is 2.50 bits per heavy atom. The summed E-state index contributed by atoms with van der Waals surface area (Å²) in [7, 11) is -1.88. The van der Waals surface area contributed by atoms with E-state index in [-0.39, 0.29) is 23.2 Å². The molecule has 5 heteroatoms. The molecule has 2 atom stereocenters. The average Bonchev–Trinajstić information content (AvgIpc) is 2.46. The van der Waals surface area contributed by atoms with Gasteiger partial charge in [-0.2, -0.15) is 0 Å². The van der Waals surface area contributed by atoms with Crippen LogP contribution in [0.25, 0.3) is 0 Å². The standard InChI is InChI=1S/C19H30O4Si/c1-19(2,3)24(4,5)23-16-11-17(22-18(20)12-16)14-21-13-15-9-7-6-8-10-15/h6-10,16-17H,11-14H2,1-5H3. The Morgan fingerprint density at radius 2 is 1.88 bits per heavy atom. The van der Waals surface area contributed by atoms with Gasteiger partial charge in [-0.15, -0.1) is 0 Å². The predicted molar refractivity (Wildman–Crippen MR) is 97.3 cm³/mol. The van der Waals surface area contributed by atoms with Crippen LogP contribution >= 0.6 is 0 Å². The van der Waals surface area contributed by atoms with Crippen LogP contribution in [0.3, 0.4) is 0 Å². The highest BCUT2D eigenvalue weighted by Gasteiger charge is 2.41. The van der Waals surface area contributed by atoms with E-state index in [1.165, 1.54) is 0 Å². The summed E-state index contributed by atoms with van der Waals surface area (Å²) in [4.78, 5) is 11.9. The number of benzene rings is 1. The van der Waals surface area contributed by atoms with Crippen LogP contribution in [0.4, 0.5) is 0 Å². The monoisotopic (exact) mass is 350 g/mol. The van der Waals surface area contributed by atoms with E-state index in [9.17, 15) is 4.79 Å². The molecular formula is C19H30O4Si. The summed E-state index contributed by atoms with van der Waals surface area (Å²) in [6, 6.07) is 10.0. The van der Waals surface area contributed by atoms with Crippen molar-refractivity contribution >= 4 is 14.3 Å². The van der Waals surface area contributed by atoms with E-state index in [1.807, 2.05) is 30.3 Å². The second-order valence-electron chi connectivity index (χ2n) is 8.05. The lowest BCUT2D eigenvalue weighted by Gasteiger charge is -2.41. The van der Waals surface area contributed by atoms with E-state index in [2.05, 4.69) is 33.9 Å². The molecule has 1 aliphatic rings. The van der Waals surface area contributed by atoms with E-state index < -0.39 is 8.32 Å². The molecule has 0 radical (unpaired) electrons. The van der Waals surface area contributed by atoms with Crippen LogP contribution in [0, 0.1) is 0 Å². The molecular weight excluding hydrogens is 320 g/mol. The summed E-state index contributed by atoms with van der Waals surface area (Å²) in [5.74, 6) is -0.182. The average molecular weight is 351 g/mol. The van der Waals surface area contributed by atoms with E-state index in [1.54, 1.807) is 0 Å². The molecule has 0 amide bonds. The van der Waals surface area contributed by atoms with Crippen molar-refractivity contribution in [3.05, 3.63) is 35.9 Å². The van der Waals surface area contributed by atoms with Crippen molar-refractivity contribution in [3.8, 4) is 0 Å². The van der Waals surface area contributed by atoms with Crippen LogP contribution in [0.5, 0.6) is 0 Å². The van der Waals surface area contributed by atoms with Crippen molar-refractivity contribution < 1.29 is 18.7 Å². The molecule has 0 spiro atoms. The number of carbonyl (C=O) groups is 1. The smallest absolute Gasteiger partial charge is 0.308 e. The van der Waals surface area contributed by atoms with E-state index in [0.717, 1.165) is 5.56 Å². The van der Waals surface area contributed by atoms with Crippen LogP contribution in [-0.4, -0.2) is 33.1 Å². The van der Waals surface area contributed by atoms with Crippen molar-refractivity contribution in [2.45, 2.75) is 70.6 Å². The first kappa shape index (κ1) is 19.2. The largest absolute Gasteiger partial charge is 0.460 e. The minimum Gasteiger partial charge on any atom is -0.460 e. The first-order valence-corrected chi connectivity index (χ1v) is 11.6. The zero-order valence-electron chi connectivity index (χ0n) is 15.5. The van der Waals surface area contributed by atoms with Gasteiger partial charge in [0.15, 0.2) is 8.32 Å². The van der Waals surface area contributed by atoms with Crippen LogP contribution < -0.4 is 0 Å². The molecule has 2 rings (SSSR count). The van der Waals surface area contributed by atoms with E-state index in [0.29, 0.717) is 26.1 Å². The van der Waals surface area contributed by atoms with Gasteiger partial charge in [-0.05, 0) is 23.7 Å². The van der Waals surface area contributed by atoms with E-state index in [4.69, 9.17) is 13.9 Å². The van der Waals surface area contributed by atoms with Gasteiger partial charge in [0.05, 0.1) is 25.7 Å². The quantitative estimate of drug-likeness (QED) is 0.567. The first-order valence-electron chi connectivity index (χ1n) is 8.66. The molecule has 1 aliphatic heterocycles. The predicted octanol–water partition coefficient (Wildman–Crippen LogP) is 4.30. The molecule has 0 N–H and O–H groups in total. The Balaban J connectivity index is 1.85. The van der Waals surface area contributed by atoms with Crippen molar-refractivity contribution in [2.75, 3.05) is 6.61 Å². The molecule has 0 aliphatic carbocycles. The topological polar surface area (TPSA) is 44.8 Å². The summed E-state index contributed by atoms with van der Waals surface area (Å²) in [5.41, 5.74) is 1.12. The van der Waals surface area contributed by atoms with Gasteiger partial charge in [0.2, 0.25) is 0 Å². The second-order valence-corrected chi connectivity index (χ2v) is 12.8. The molecule has 0 saturated carbocycles. The number of rotatable bonds is 6. The summed E-state index contributed by atoms with van der Waals surface area (Å²) < 4.78 is 17.5. The molecule has 2 unspecified atom stereocenters. The number of esters is 1. The zero-order valence-corrected chi connectivity index (χ0v) is 16.5. The Morgan fingerprint density at radius 1 is 1.21 bits per heavy atom. The highest BCUT2D eigenvalue weighted by Crippen LogP contribution is 2.38. The molecule has 1 aromatic rings. The summed E-state index contributed by atoms with van der Waals surface area (Å²) in [6.07, 6.45) is 0.788. The highest BCUT2D eigenvalue weighted by molar-refractivity contribution is 6.74. The maximum atomic E-state index is 11.9. The highest BCUT2D eigenvalue weighted by atomic mass is 28.4. The molecule has 1 aromatic carbocycles. The number of cyclic esters (lactones) is 1. The Labute approximate surface area is 146 Å². The third kappa shape index (κ3) is 5.43. The fourth-order valence-corrected chi connectivity index (χ4v) is 3.88. The number of ether oxygens (including phenoxy) is 2. The Hall–Kier alpha value is -1.17. The molecule has 134 valence electrons. The van der Waals surface area contributed by atoms with Crippen molar-refractivity contribution in [2.24, 2.45) is 0 Å². The lowest BCUT2D eigenvalue weighted by Crippen LogP contribution is -2.47. The number of carbonyl (C=O) groups excluding carboxylic acids is 1. The van der Waals surface area contributed by atoms with Gasteiger partial charge in [-0.3, -0.25) is 4.79 Å². The van der Waals surface area contributed by atoms with Crippen LogP contribution in [0.1, 0.15) is 39.2 Å². The third-order valence-corrected chi connectivity index (χ3v) is 9.44. The fraction of sp³-hybridized carbons (Fsp3) is 0.632. The molecule has 1 fully saturated rings. The zero-order chi connectivity index (χ0) is 17.8. The van der Waals surface area contributed by atoms with Gasteiger partial charge in [0.25, 0.3) is 0 Å². The minimum atomic E-state index is -1.88. The summed E-state index contributed by atoms with van der Waals surface area (Å²) >= 11 is 0. The van der Waals surface area contributed by atoms with Crippen molar-refractivity contribution in [1.29, 1.82) is 0 Å².